The van der Waals surface area contributed by atoms with Gasteiger partial charge in [-0.1, -0.05) is 0 Å². The van der Waals surface area contributed by atoms with E-state index in [1.807, 2.05) is 19.2 Å². The molecule has 1 aliphatic heterocycles. The number of carbonyl (C=O) groups is 1. The van der Waals surface area contributed by atoms with Crippen LogP contribution >= 0.6 is 22.7 Å². The summed E-state index contributed by atoms with van der Waals surface area (Å²) in [6.45, 7) is 4.68. The highest BCUT2D eigenvalue weighted by atomic mass is 32.1. The van der Waals surface area contributed by atoms with Crippen molar-refractivity contribution in [1.82, 2.24) is 19.9 Å². The lowest BCUT2D eigenvalue weighted by Crippen LogP contribution is -2.28. The number of hydrogen-bond acceptors (Lipinski definition) is 8. The van der Waals surface area contributed by atoms with Gasteiger partial charge in [0.2, 0.25) is 11.9 Å². The summed E-state index contributed by atoms with van der Waals surface area (Å²) in [6, 6.07) is 0. The van der Waals surface area contributed by atoms with Crippen LogP contribution in [0.2, 0.25) is 0 Å². The van der Waals surface area contributed by atoms with Gasteiger partial charge in [-0.05, 0) is 20.3 Å². The van der Waals surface area contributed by atoms with Gasteiger partial charge < -0.3 is 10.2 Å². The van der Waals surface area contributed by atoms with Crippen LogP contribution in [0.3, 0.4) is 0 Å². The molecule has 0 spiro atoms. The zero-order valence-corrected chi connectivity index (χ0v) is 17.7. The van der Waals surface area contributed by atoms with Crippen LogP contribution in [0.1, 0.15) is 22.7 Å². The van der Waals surface area contributed by atoms with Gasteiger partial charge in [-0.15, -0.1) is 22.7 Å². The number of hydrogen-bond donors (Lipinski definition) is 1. The molecule has 0 aliphatic carbocycles. The molecule has 12 heteroatoms. The van der Waals surface area contributed by atoms with Gasteiger partial charge >= 0.3 is 6.18 Å². The Morgan fingerprint density at radius 3 is 2.60 bits per heavy atom. The lowest BCUT2D eigenvalue weighted by atomic mass is 10.1. The Hall–Kier alpha value is -2.60. The second-order valence-corrected chi connectivity index (χ2v) is 8.94. The number of alkyl halides is 3. The van der Waals surface area contributed by atoms with Crippen LogP contribution in [0.15, 0.2) is 17.8 Å². The van der Waals surface area contributed by atoms with Crippen molar-refractivity contribution in [3.63, 3.8) is 0 Å². The quantitative estimate of drug-likeness (QED) is 0.638. The lowest BCUT2D eigenvalue weighted by molar-refractivity contribution is -0.138. The van der Waals surface area contributed by atoms with Crippen molar-refractivity contribution in [2.75, 3.05) is 23.3 Å². The van der Waals surface area contributed by atoms with Gasteiger partial charge in [-0.25, -0.2) is 19.9 Å². The Morgan fingerprint density at radius 2 is 1.97 bits per heavy atom. The van der Waals surface area contributed by atoms with E-state index in [1.54, 1.807) is 16.2 Å². The zero-order chi connectivity index (χ0) is 21.5. The molecule has 7 nitrogen and oxygen atoms in total. The van der Waals surface area contributed by atoms with E-state index in [9.17, 15) is 18.0 Å². The minimum atomic E-state index is -4.48. The van der Waals surface area contributed by atoms with Crippen LogP contribution in [0.5, 0.6) is 0 Å². The number of aromatic nitrogens is 4. The van der Waals surface area contributed by atoms with E-state index in [2.05, 4.69) is 25.3 Å². The van der Waals surface area contributed by atoms with Crippen LogP contribution in [-0.4, -0.2) is 38.9 Å². The van der Waals surface area contributed by atoms with Gasteiger partial charge in [0.05, 0.1) is 32.8 Å². The number of halogens is 3. The molecule has 1 atom stereocenters. The summed E-state index contributed by atoms with van der Waals surface area (Å²) in [5, 5.41) is 6.18. The minimum absolute atomic E-state index is 0.178. The normalized spacial score (nSPS) is 16.8. The maximum absolute atomic E-state index is 12.7. The van der Waals surface area contributed by atoms with Gasteiger partial charge in [-0.2, -0.15) is 13.2 Å². The number of nitrogens with zero attached hydrogens (tertiary/aromatic N) is 5. The smallest absolute Gasteiger partial charge is 0.340 e. The van der Waals surface area contributed by atoms with Gasteiger partial charge in [0, 0.05) is 30.9 Å². The van der Waals surface area contributed by atoms with E-state index in [4.69, 9.17) is 0 Å². The molecule has 4 heterocycles. The van der Waals surface area contributed by atoms with Crippen molar-refractivity contribution in [1.29, 1.82) is 0 Å². The monoisotopic (exact) mass is 454 g/mol. The van der Waals surface area contributed by atoms with Gasteiger partial charge in [0.25, 0.3) is 0 Å². The largest absolute Gasteiger partial charge is 0.419 e. The molecule has 4 rings (SSSR count). The van der Waals surface area contributed by atoms with Crippen LogP contribution in [0, 0.1) is 19.8 Å². The number of amides is 1. The van der Waals surface area contributed by atoms with E-state index in [0.717, 1.165) is 33.7 Å². The summed E-state index contributed by atoms with van der Waals surface area (Å²) in [5.74, 6) is -0.316. The van der Waals surface area contributed by atoms with E-state index in [0.29, 0.717) is 24.6 Å². The second kappa shape index (κ2) is 7.91. The van der Waals surface area contributed by atoms with Crippen molar-refractivity contribution < 1.29 is 18.0 Å². The Kier molecular flexibility index (Phi) is 5.45. The van der Waals surface area contributed by atoms with E-state index in [-0.39, 0.29) is 17.8 Å². The predicted octanol–water partition coefficient (Wildman–Crippen LogP) is 4.16. The summed E-state index contributed by atoms with van der Waals surface area (Å²) < 4.78 is 38.0. The Bertz CT molecular complexity index is 1060. The Labute approximate surface area is 178 Å². The first-order valence-electron chi connectivity index (χ1n) is 9.05. The van der Waals surface area contributed by atoms with Crippen molar-refractivity contribution in [2.45, 2.75) is 26.4 Å². The first-order chi connectivity index (χ1) is 14.2. The van der Waals surface area contributed by atoms with Crippen molar-refractivity contribution in [2.24, 2.45) is 5.92 Å². The van der Waals surface area contributed by atoms with Gasteiger partial charge in [0.1, 0.15) is 0 Å². The maximum atomic E-state index is 12.7. The molecule has 3 aromatic rings. The molecule has 0 saturated carbocycles. The van der Waals surface area contributed by atoms with Crippen LogP contribution in [0.25, 0.3) is 10.6 Å². The molecule has 1 N–H and O–H groups in total. The number of thiazole rings is 2. The standard InChI is InChI=1S/C18H17F3N6OS2/c1-9-14(30-10(2)24-9)13-8-29-17(25-13)26-15(28)11-3-4-27(7-11)16-22-5-12(6-23-16)18(19,20)21/h5-6,8,11H,3-4,7H2,1-2H3,(H,25,26,28)/t11-/m0/s1. The van der Waals surface area contributed by atoms with Crippen molar-refractivity contribution >= 4 is 39.7 Å². The number of anilines is 2. The van der Waals surface area contributed by atoms with E-state index < -0.39 is 11.7 Å². The molecule has 158 valence electrons. The zero-order valence-electron chi connectivity index (χ0n) is 16.0. The molecule has 0 unspecified atom stereocenters. The highest BCUT2D eigenvalue weighted by Gasteiger charge is 2.33. The molecule has 1 amide bonds. The minimum Gasteiger partial charge on any atom is -0.340 e. The fourth-order valence-corrected chi connectivity index (χ4v) is 4.86. The van der Waals surface area contributed by atoms with Gasteiger partial charge in [-0.3, -0.25) is 4.79 Å². The summed E-state index contributed by atoms with van der Waals surface area (Å²) in [6.07, 6.45) is -2.40. The fourth-order valence-electron chi connectivity index (χ4n) is 3.20. The van der Waals surface area contributed by atoms with Crippen molar-refractivity contribution in [3.05, 3.63) is 34.0 Å². The molecule has 30 heavy (non-hydrogen) atoms. The molecular weight excluding hydrogens is 437 g/mol. The molecule has 0 radical (unpaired) electrons. The molecule has 0 bridgehead atoms. The summed E-state index contributed by atoms with van der Waals surface area (Å²) >= 11 is 2.90. The van der Waals surface area contributed by atoms with E-state index in [1.165, 1.54) is 11.3 Å². The highest BCUT2D eigenvalue weighted by Crippen LogP contribution is 2.33. The molecular formula is C18H17F3N6OS2. The van der Waals surface area contributed by atoms with E-state index >= 15 is 0 Å². The third kappa shape index (κ3) is 4.29. The second-order valence-electron chi connectivity index (χ2n) is 6.88. The number of carbonyl (C=O) groups excluding carboxylic acids is 1. The number of aryl methyl sites for hydroxylation is 2. The molecule has 1 saturated heterocycles. The van der Waals surface area contributed by atoms with Crippen LogP contribution in [-0.2, 0) is 11.0 Å². The SMILES string of the molecule is Cc1nc(C)c(-c2csc(NC(=O)[C@H]3CCN(c4ncc(C(F)(F)F)cn4)C3)n2)s1. The summed E-state index contributed by atoms with van der Waals surface area (Å²) in [5.41, 5.74) is 0.791. The highest BCUT2D eigenvalue weighted by molar-refractivity contribution is 7.16. The number of nitrogens with one attached hydrogen (secondary N) is 1. The Balaban J connectivity index is 1.38. The summed E-state index contributed by atoms with van der Waals surface area (Å²) in [7, 11) is 0. The van der Waals surface area contributed by atoms with Crippen LogP contribution < -0.4 is 10.2 Å². The maximum Gasteiger partial charge on any atom is 0.419 e. The Morgan fingerprint density at radius 1 is 1.23 bits per heavy atom. The molecule has 1 fully saturated rings. The fraction of sp³-hybridized carbons (Fsp3) is 0.389. The third-order valence-corrected chi connectivity index (χ3v) is 6.53. The molecule has 3 aromatic heterocycles. The molecule has 1 aliphatic rings. The average Bonchev–Trinajstić information content (AvgIpc) is 3.41. The van der Waals surface area contributed by atoms with Crippen LogP contribution in [0.4, 0.5) is 24.3 Å². The number of rotatable bonds is 4. The third-order valence-electron chi connectivity index (χ3n) is 4.68. The van der Waals surface area contributed by atoms with Crippen molar-refractivity contribution in [3.8, 4) is 10.6 Å². The van der Waals surface area contributed by atoms with Gasteiger partial charge in [0.15, 0.2) is 5.13 Å². The topological polar surface area (TPSA) is 83.9 Å². The summed E-state index contributed by atoms with van der Waals surface area (Å²) in [4.78, 5) is 31.8. The molecule has 0 aromatic carbocycles. The predicted molar refractivity (Wildman–Crippen MR) is 109 cm³/mol. The lowest BCUT2D eigenvalue weighted by Gasteiger charge is -2.16. The first-order valence-corrected chi connectivity index (χ1v) is 10.8. The first kappa shape index (κ1) is 20.7. The average molecular weight is 455 g/mol.